The van der Waals surface area contributed by atoms with Gasteiger partial charge in [-0.2, -0.15) is 0 Å². The van der Waals surface area contributed by atoms with Crippen LogP contribution in [0.5, 0.6) is 0 Å². The van der Waals surface area contributed by atoms with Crippen LogP contribution in [0.15, 0.2) is 77.0 Å². The third kappa shape index (κ3) is 5.26. The molecule has 0 bridgehead atoms. The molecule has 0 saturated heterocycles. The first-order chi connectivity index (χ1) is 14.5. The van der Waals surface area contributed by atoms with Gasteiger partial charge in [0.05, 0.1) is 12.3 Å². The van der Waals surface area contributed by atoms with Crippen LogP contribution < -0.4 is 10.6 Å². The maximum atomic E-state index is 13.1. The van der Waals surface area contributed by atoms with Gasteiger partial charge in [-0.15, -0.1) is 0 Å². The lowest BCUT2D eigenvalue weighted by Crippen LogP contribution is -2.36. The maximum absolute atomic E-state index is 13.1. The van der Waals surface area contributed by atoms with Crippen molar-refractivity contribution in [2.45, 2.75) is 33.2 Å². The van der Waals surface area contributed by atoms with Gasteiger partial charge in [-0.05, 0) is 61.2 Å². The number of aryl methyl sites for hydroxylation is 2. The molecular formula is C25H26N2O3. The van der Waals surface area contributed by atoms with E-state index in [1.165, 1.54) is 23.5 Å². The Labute approximate surface area is 176 Å². The van der Waals surface area contributed by atoms with E-state index >= 15 is 0 Å². The average molecular weight is 402 g/mol. The molecule has 5 heteroatoms. The highest BCUT2D eigenvalue weighted by molar-refractivity contribution is 6.05. The smallest absolute Gasteiger partial charge is 0.268 e. The summed E-state index contributed by atoms with van der Waals surface area (Å²) in [4.78, 5) is 25.7. The Morgan fingerprint density at radius 1 is 1.00 bits per heavy atom. The molecule has 30 heavy (non-hydrogen) atoms. The third-order valence-corrected chi connectivity index (χ3v) is 5.01. The van der Waals surface area contributed by atoms with E-state index in [2.05, 4.69) is 36.6 Å². The molecule has 0 unspecified atom stereocenters. The lowest BCUT2D eigenvalue weighted by molar-refractivity contribution is -0.118. The highest BCUT2D eigenvalue weighted by Crippen LogP contribution is 2.20. The van der Waals surface area contributed by atoms with Crippen molar-refractivity contribution < 1.29 is 14.0 Å². The van der Waals surface area contributed by atoms with Crippen LogP contribution in [0.4, 0.5) is 0 Å². The van der Waals surface area contributed by atoms with Gasteiger partial charge in [0.15, 0.2) is 0 Å². The number of nitrogens with one attached hydrogen (secondary N) is 2. The molecule has 0 radical (unpaired) electrons. The zero-order chi connectivity index (χ0) is 21.5. The van der Waals surface area contributed by atoms with Crippen LogP contribution in [0.2, 0.25) is 0 Å². The number of benzene rings is 2. The van der Waals surface area contributed by atoms with Gasteiger partial charge in [0.2, 0.25) is 0 Å². The van der Waals surface area contributed by atoms with Gasteiger partial charge < -0.3 is 15.1 Å². The molecule has 0 fully saturated rings. The first kappa shape index (κ1) is 21.1. The summed E-state index contributed by atoms with van der Waals surface area (Å²) in [6, 6.07) is 18.2. The standard InChI is InChI=1S/C25H26N2O3/c1-4-22(20-13-12-17(2)18(3)15-20)26-25(29)23(16-21-11-8-14-30-21)27-24(28)19-9-6-5-7-10-19/h5-16,22H,4H2,1-3H3,(H,26,29)(H,27,28)/b23-16-/t22-/m0/s1. The minimum absolute atomic E-state index is 0.126. The fourth-order valence-electron chi connectivity index (χ4n) is 3.10. The molecule has 1 atom stereocenters. The van der Waals surface area contributed by atoms with E-state index in [-0.39, 0.29) is 23.6 Å². The minimum Gasteiger partial charge on any atom is -0.465 e. The van der Waals surface area contributed by atoms with E-state index in [0.717, 1.165) is 12.0 Å². The number of carbonyl (C=O) groups excluding carboxylic acids is 2. The number of carbonyl (C=O) groups is 2. The van der Waals surface area contributed by atoms with E-state index in [1.54, 1.807) is 36.4 Å². The summed E-state index contributed by atoms with van der Waals surface area (Å²) in [5, 5.41) is 5.76. The van der Waals surface area contributed by atoms with Gasteiger partial charge in [-0.3, -0.25) is 9.59 Å². The van der Waals surface area contributed by atoms with Crippen LogP contribution in [0, 0.1) is 13.8 Å². The molecule has 2 N–H and O–H groups in total. The summed E-state index contributed by atoms with van der Waals surface area (Å²) in [6.07, 6.45) is 3.77. The maximum Gasteiger partial charge on any atom is 0.268 e. The number of furan rings is 1. The Kier molecular flexibility index (Phi) is 6.86. The molecule has 0 spiro atoms. The van der Waals surface area contributed by atoms with Crippen molar-refractivity contribution in [3.63, 3.8) is 0 Å². The fraction of sp³-hybridized carbons (Fsp3) is 0.200. The minimum atomic E-state index is -0.374. The second-order valence-corrected chi connectivity index (χ2v) is 7.17. The van der Waals surface area contributed by atoms with Crippen molar-refractivity contribution in [2.24, 2.45) is 0 Å². The number of hydrogen-bond acceptors (Lipinski definition) is 3. The van der Waals surface area contributed by atoms with Crippen LogP contribution in [-0.2, 0) is 4.79 Å². The molecule has 1 aromatic heterocycles. The van der Waals surface area contributed by atoms with Crippen molar-refractivity contribution in [3.05, 3.63) is 101 Å². The molecule has 154 valence electrons. The molecule has 3 rings (SSSR count). The Hall–Kier alpha value is -3.60. The summed E-state index contributed by atoms with van der Waals surface area (Å²) in [5.74, 6) is -0.253. The van der Waals surface area contributed by atoms with Crippen molar-refractivity contribution in [1.29, 1.82) is 0 Å². The molecule has 0 aliphatic carbocycles. The van der Waals surface area contributed by atoms with Gasteiger partial charge >= 0.3 is 0 Å². The molecule has 1 heterocycles. The van der Waals surface area contributed by atoms with Crippen molar-refractivity contribution >= 4 is 17.9 Å². The number of hydrogen-bond donors (Lipinski definition) is 2. The molecule has 2 amide bonds. The van der Waals surface area contributed by atoms with E-state index in [4.69, 9.17) is 4.42 Å². The predicted molar refractivity (Wildman–Crippen MR) is 118 cm³/mol. The summed E-state index contributed by atoms with van der Waals surface area (Å²) >= 11 is 0. The second-order valence-electron chi connectivity index (χ2n) is 7.17. The van der Waals surface area contributed by atoms with Crippen LogP contribution in [0.25, 0.3) is 6.08 Å². The average Bonchev–Trinajstić information content (AvgIpc) is 3.27. The van der Waals surface area contributed by atoms with Gasteiger partial charge in [-0.1, -0.05) is 43.3 Å². The molecule has 0 saturated carbocycles. The Morgan fingerprint density at radius 3 is 2.40 bits per heavy atom. The zero-order valence-electron chi connectivity index (χ0n) is 17.4. The first-order valence-electron chi connectivity index (χ1n) is 9.97. The van der Waals surface area contributed by atoms with Crippen LogP contribution >= 0.6 is 0 Å². The molecular weight excluding hydrogens is 376 g/mol. The normalized spacial score (nSPS) is 12.3. The van der Waals surface area contributed by atoms with E-state index in [9.17, 15) is 9.59 Å². The quantitative estimate of drug-likeness (QED) is 0.550. The van der Waals surface area contributed by atoms with Gasteiger partial charge in [0.1, 0.15) is 11.5 Å². The summed E-state index contributed by atoms with van der Waals surface area (Å²) in [5.41, 5.74) is 4.00. The molecule has 2 aromatic carbocycles. The highest BCUT2D eigenvalue weighted by Gasteiger charge is 2.19. The Balaban J connectivity index is 1.84. The van der Waals surface area contributed by atoms with Gasteiger partial charge in [0.25, 0.3) is 11.8 Å². The van der Waals surface area contributed by atoms with Gasteiger partial charge in [-0.25, -0.2) is 0 Å². The van der Waals surface area contributed by atoms with E-state index in [0.29, 0.717) is 11.3 Å². The molecule has 0 aliphatic heterocycles. The second kappa shape index (κ2) is 9.74. The third-order valence-electron chi connectivity index (χ3n) is 5.01. The lowest BCUT2D eigenvalue weighted by atomic mass is 9.99. The van der Waals surface area contributed by atoms with E-state index in [1.807, 2.05) is 19.1 Å². The van der Waals surface area contributed by atoms with Crippen molar-refractivity contribution in [1.82, 2.24) is 10.6 Å². The van der Waals surface area contributed by atoms with Gasteiger partial charge in [0, 0.05) is 11.6 Å². The van der Waals surface area contributed by atoms with E-state index < -0.39 is 0 Å². The Morgan fingerprint density at radius 2 is 1.77 bits per heavy atom. The Bertz CT molecular complexity index is 1040. The van der Waals surface area contributed by atoms with Crippen LogP contribution in [0.3, 0.4) is 0 Å². The topological polar surface area (TPSA) is 71.3 Å². The van der Waals surface area contributed by atoms with Crippen molar-refractivity contribution in [3.8, 4) is 0 Å². The summed E-state index contributed by atoms with van der Waals surface area (Å²) in [6.45, 7) is 6.12. The van der Waals surface area contributed by atoms with Crippen molar-refractivity contribution in [2.75, 3.05) is 0 Å². The lowest BCUT2D eigenvalue weighted by Gasteiger charge is -2.20. The SMILES string of the molecule is CC[C@H](NC(=O)/C(=C/c1ccco1)NC(=O)c1ccccc1)c1ccc(C)c(C)c1. The number of rotatable bonds is 7. The first-order valence-corrected chi connectivity index (χ1v) is 9.97. The zero-order valence-corrected chi connectivity index (χ0v) is 17.4. The monoisotopic (exact) mass is 402 g/mol. The fourth-order valence-corrected chi connectivity index (χ4v) is 3.10. The highest BCUT2D eigenvalue weighted by atomic mass is 16.3. The molecule has 0 aliphatic rings. The largest absolute Gasteiger partial charge is 0.465 e. The summed E-state index contributed by atoms with van der Waals surface area (Å²) < 4.78 is 5.34. The van der Waals surface area contributed by atoms with Crippen LogP contribution in [0.1, 0.15) is 52.2 Å². The molecule has 3 aromatic rings. The molecule has 5 nitrogen and oxygen atoms in total. The van der Waals surface area contributed by atoms with Crippen LogP contribution in [-0.4, -0.2) is 11.8 Å². The summed E-state index contributed by atoms with van der Waals surface area (Å²) in [7, 11) is 0. The predicted octanol–water partition coefficient (Wildman–Crippen LogP) is 4.93. The number of amides is 2.